The zero-order valence-corrected chi connectivity index (χ0v) is 23.5. The number of rotatable bonds is 5. The number of ether oxygens (including phenoxy) is 1. The summed E-state index contributed by atoms with van der Waals surface area (Å²) in [4.78, 5) is 18.2. The molecule has 2 aromatic rings. The second-order valence-corrected chi connectivity index (χ2v) is 13.9. The first-order valence-corrected chi connectivity index (χ1v) is 14.7. The van der Waals surface area contributed by atoms with Crippen molar-refractivity contribution >= 4 is 32.7 Å². The van der Waals surface area contributed by atoms with E-state index in [0.717, 1.165) is 60.6 Å². The van der Waals surface area contributed by atoms with Crippen LogP contribution in [0.2, 0.25) is 0 Å². The Morgan fingerprint density at radius 2 is 1.97 bits per heavy atom. The van der Waals surface area contributed by atoms with Gasteiger partial charge >= 0.3 is 0 Å². The fourth-order valence-electron chi connectivity index (χ4n) is 9.63. The topological polar surface area (TPSA) is 77.2 Å². The number of methoxy groups -OCH3 is 1. The van der Waals surface area contributed by atoms with Crippen molar-refractivity contribution in [1.82, 2.24) is 14.8 Å². The molecule has 8 atom stereocenters. The molecule has 1 N–H and O–H groups in total. The van der Waals surface area contributed by atoms with Gasteiger partial charge in [0.2, 0.25) is 0 Å². The van der Waals surface area contributed by atoms with Crippen LogP contribution in [-0.4, -0.2) is 45.0 Å². The van der Waals surface area contributed by atoms with Gasteiger partial charge in [0.05, 0.1) is 23.9 Å². The number of pyridine rings is 1. The minimum Gasteiger partial charge on any atom is -0.390 e. The first-order valence-electron chi connectivity index (χ1n) is 13.9. The van der Waals surface area contributed by atoms with Crippen LogP contribution in [0.3, 0.4) is 0 Å². The molecular formula is C29H40BrN3O3. The minimum atomic E-state index is -0.537. The van der Waals surface area contributed by atoms with Gasteiger partial charge in [-0.05, 0) is 121 Å². The monoisotopic (exact) mass is 557 g/mol. The highest BCUT2D eigenvalue weighted by Crippen LogP contribution is 2.68. The van der Waals surface area contributed by atoms with Gasteiger partial charge in [0.15, 0.2) is 5.78 Å². The van der Waals surface area contributed by atoms with Crippen molar-refractivity contribution in [2.24, 2.45) is 40.4 Å². The molecule has 0 radical (unpaired) electrons. The Balaban J connectivity index is 1.24. The van der Waals surface area contributed by atoms with Gasteiger partial charge < -0.3 is 9.84 Å². The Labute approximate surface area is 222 Å². The van der Waals surface area contributed by atoms with Gasteiger partial charge in [0.25, 0.3) is 0 Å². The van der Waals surface area contributed by atoms with E-state index in [1.807, 2.05) is 24.8 Å². The molecular weight excluding hydrogens is 518 g/mol. The van der Waals surface area contributed by atoms with Gasteiger partial charge in [-0.25, -0.2) is 0 Å². The molecule has 196 valence electrons. The number of nitrogens with zero attached hydrogens (tertiary/aromatic N) is 3. The molecule has 0 spiro atoms. The van der Waals surface area contributed by atoms with E-state index >= 15 is 0 Å². The summed E-state index contributed by atoms with van der Waals surface area (Å²) in [6, 6.07) is 2.00. The van der Waals surface area contributed by atoms with Gasteiger partial charge in [-0.3, -0.25) is 14.5 Å². The maximum absolute atomic E-state index is 13.8. The van der Waals surface area contributed by atoms with Gasteiger partial charge in [-0.15, -0.1) is 0 Å². The number of aliphatic hydroxyl groups is 1. The zero-order chi connectivity index (χ0) is 25.3. The molecule has 7 heteroatoms. The zero-order valence-electron chi connectivity index (χ0n) is 21.9. The number of Topliss-reactive ketones (excluding diaryl/α,β-unsaturated/α-hetero) is 1. The van der Waals surface area contributed by atoms with Crippen LogP contribution in [0, 0.1) is 40.4 Å². The number of halogens is 1. The van der Waals surface area contributed by atoms with Gasteiger partial charge in [0, 0.05) is 23.7 Å². The van der Waals surface area contributed by atoms with Crippen LogP contribution in [0.25, 0.3) is 11.0 Å². The summed E-state index contributed by atoms with van der Waals surface area (Å²) < 4.78 is 8.64. The average Bonchev–Trinajstić information content (AvgIpc) is 3.39. The molecule has 0 aromatic carbocycles. The fourth-order valence-corrected chi connectivity index (χ4v) is 9.95. The standard InChI is InChI=1S/C29H40BrN3O3/c1-27(35)10-11-29(17-36-3)18(13-27)4-5-20-21-6-7-23(28(21,2)9-8-22(20)29)26(34)16-33-25-12-19(30)14-31-24(25)15-32-33/h12,14-15,18,20-23,35H,4-11,13,16-17H2,1-3H3/t18-,20-,21-,22-,23+,27+,28-,29+/m0/s1. The minimum absolute atomic E-state index is 0.0707. The van der Waals surface area contributed by atoms with Crippen LogP contribution < -0.4 is 0 Å². The van der Waals surface area contributed by atoms with Crippen LogP contribution in [0.15, 0.2) is 22.9 Å². The van der Waals surface area contributed by atoms with Crippen molar-refractivity contribution in [3.63, 3.8) is 0 Å². The number of fused-ring (bicyclic) bond motifs is 6. The first kappa shape index (κ1) is 25.0. The number of aromatic nitrogens is 3. The Hall–Kier alpha value is -1.31. The Morgan fingerprint density at radius 1 is 1.14 bits per heavy atom. The van der Waals surface area contributed by atoms with Crippen molar-refractivity contribution in [3.05, 3.63) is 22.9 Å². The Morgan fingerprint density at radius 3 is 2.78 bits per heavy atom. The fraction of sp³-hybridized carbons (Fsp3) is 0.759. The van der Waals surface area contributed by atoms with E-state index in [4.69, 9.17) is 4.74 Å². The van der Waals surface area contributed by atoms with Crippen LogP contribution in [0.4, 0.5) is 0 Å². The Bertz CT molecular complexity index is 1160. The van der Waals surface area contributed by atoms with Crippen molar-refractivity contribution in [2.75, 3.05) is 13.7 Å². The van der Waals surface area contributed by atoms with Crippen LogP contribution >= 0.6 is 15.9 Å². The predicted molar refractivity (Wildman–Crippen MR) is 142 cm³/mol. The molecule has 0 bridgehead atoms. The van der Waals surface area contributed by atoms with E-state index < -0.39 is 5.60 Å². The summed E-state index contributed by atoms with van der Waals surface area (Å²) in [5.74, 6) is 2.90. The lowest BCUT2D eigenvalue weighted by Crippen LogP contribution is -2.58. The molecule has 2 aromatic heterocycles. The highest BCUT2D eigenvalue weighted by atomic mass is 79.9. The molecule has 0 unspecified atom stereocenters. The van der Waals surface area contributed by atoms with E-state index in [-0.39, 0.29) is 16.7 Å². The molecule has 6 rings (SSSR count). The van der Waals surface area contributed by atoms with Gasteiger partial charge in [-0.1, -0.05) is 6.92 Å². The number of ketones is 1. The van der Waals surface area contributed by atoms with E-state index in [1.54, 1.807) is 12.4 Å². The van der Waals surface area contributed by atoms with E-state index in [1.165, 1.54) is 19.3 Å². The molecule has 0 aliphatic heterocycles. The average molecular weight is 559 g/mol. The van der Waals surface area contributed by atoms with Crippen molar-refractivity contribution in [1.29, 1.82) is 0 Å². The lowest BCUT2D eigenvalue weighted by Gasteiger charge is -2.62. The van der Waals surface area contributed by atoms with Gasteiger partial charge in [0.1, 0.15) is 12.1 Å². The molecule has 6 nitrogen and oxygen atoms in total. The number of carbonyl (C=O) groups is 1. The summed E-state index contributed by atoms with van der Waals surface area (Å²) in [5, 5.41) is 15.4. The quantitative estimate of drug-likeness (QED) is 0.502. The van der Waals surface area contributed by atoms with Crippen LogP contribution in [0.1, 0.15) is 71.6 Å². The smallest absolute Gasteiger partial charge is 0.157 e. The number of carbonyl (C=O) groups excluding carboxylic acids is 1. The first-order chi connectivity index (χ1) is 17.2. The summed E-state index contributed by atoms with van der Waals surface area (Å²) >= 11 is 3.50. The van der Waals surface area contributed by atoms with Crippen molar-refractivity contribution < 1.29 is 14.6 Å². The summed E-state index contributed by atoms with van der Waals surface area (Å²) in [6.45, 7) is 5.59. The molecule has 0 amide bonds. The largest absolute Gasteiger partial charge is 0.390 e. The third-order valence-corrected chi connectivity index (χ3v) is 11.7. The third kappa shape index (κ3) is 3.82. The van der Waals surface area contributed by atoms with Gasteiger partial charge in [-0.2, -0.15) is 5.10 Å². The summed E-state index contributed by atoms with van der Waals surface area (Å²) in [5.41, 5.74) is 1.46. The molecule has 4 saturated carbocycles. The second kappa shape index (κ2) is 8.88. The normalized spacial score (nSPS) is 42.1. The molecule has 4 aliphatic rings. The molecule has 0 saturated heterocycles. The molecule has 4 aliphatic carbocycles. The second-order valence-electron chi connectivity index (χ2n) is 13.0. The SMILES string of the molecule is COC[C@]12CC[C@@](C)(O)C[C@@H]1CC[C@H]1[C@@H]3CC[C@H](C(=O)Cn4ncc5ncc(Br)cc54)[C@@]3(C)CC[C@@H]12. The third-order valence-electron chi connectivity index (χ3n) is 11.2. The van der Waals surface area contributed by atoms with Crippen LogP contribution in [-0.2, 0) is 16.1 Å². The number of hydrogen-bond acceptors (Lipinski definition) is 5. The Kier molecular flexibility index (Phi) is 6.16. The van der Waals surface area contributed by atoms with E-state index in [0.29, 0.717) is 36.0 Å². The van der Waals surface area contributed by atoms with Crippen molar-refractivity contribution in [2.45, 2.75) is 83.8 Å². The summed E-state index contributed by atoms with van der Waals surface area (Å²) in [7, 11) is 1.85. The lowest BCUT2D eigenvalue weighted by atomic mass is 9.43. The van der Waals surface area contributed by atoms with Crippen LogP contribution in [0.5, 0.6) is 0 Å². The highest BCUT2D eigenvalue weighted by molar-refractivity contribution is 9.10. The predicted octanol–water partition coefficient (Wildman–Crippen LogP) is 5.80. The van der Waals surface area contributed by atoms with Crippen molar-refractivity contribution in [3.8, 4) is 0 Å². The summed E-state index contributed by atoms with van der Waals surface area (Å²) in [6.07, 6.45) is 13.3. The number of hydrogen-bond donors (Lipinski definition) is 1. The maximum Gasteiger partial charge on any atom is 0.157 e. The molecule has 4 fully saturated rings. The van der Waals surface area contributed by atoms with E-state index in [9.17, 15) is 9.90 Å². The molecule has 2 heterocycles. The van der Waals surface area contributed by atoms with E-state index in [2.05, 4.69) is 32.9 Å². The maximum atomic E-state index is 13.8. The lowest BCUT2D eigenvalue weighted by molar-refractivity contribution is -0.175. The highest BCUT2D eigenvalue weighted by Gasteiger charge is 2.63. The molecule has 36 heavy (non-hydrogen) atoms.